The van der Waals surface area contributed by atoms with Gasteiger partial charge in [-0.1, -0.05) is 6.92 Å². The van der Waals surface area contributed by atoms with E-state index < -0.39 is 0 Å². The van der Waals surface area contributed by atoms with Crippen molar-refractivity contribution in [1.82, 2.24) is 9.80 Å². The van der Waals surface area contributed by atoms with Gasteiger partial charge < -0.3 is 10.5 Å². The molecular formula is C12H25N3O. The lowest BCUT2D eigenvalue weighted by Crippen LogP contribution is -2.58. The number of rotatable bonds is 3. The summed E-state index contributed by atoms with van der Waals surface area (Å²) in [6, 6.07) is 0.657. The molecule has 0 aliphatic carbocycles. The Balaban J connectivity index is 1.83. The Morgan fingerprint density at radius 1 is 1.44 bits per heavy atom. The van der Waals surface area contributed by atoms with Gasteiger partial charge in [-0.05, 0) is 19.9 Å². The van der Waals surface area contributed by atoms with Gasteiger partial charge in [0.1, 0.15) is 0 Å². The highest BCUT2D eigenvalue weighted by Gasteiger charge is 2.34. The van der Waals surface area contributed by atoms with Gasteiger partial charge in [0, 0.05) is 38.8 Å². The fraction of sp³-hybridized carbons (Fsp3) is 1.00. The van der Waals surface area contributed by atoms with E-state index in [1.807, 2.05) is 0 Å². The monoisotopic (exact) mass is 227 g/mol. The molecule has 0 bridgehead atoms. The molecule has 2 heterocycles. The maximum atomic E-state index is 6.32. The summed E-state index contributed by atoms with van der Waals surface area (Å²) in [4.78, 5) is 5.04. The van der Waals surface area contributed by atoms with Crippen molar-refractivity contribution in [2.75, 3.05) is 45.9 Å². The molecule has 0 aromatic rings. The molecule has 0 aromatic heterocycles. The van der Waals surface area contributed by atoms with Crippen molar-refractivity contribution in [2.45, 2.75) is 31.8 Å². The molecule has 4 nitrogen and oxygen atoms in total. The summed E-state index contributed by atoms with van der Waals surface area (Å²) in [6.45, 7) is 11.7. The summed E-state index contributed by atoms with van der Waals surface area (Å²) >= 11 is 0. The second-order valence-corrected chi connectivity index (χ2v) is 5.38. The molecule has 2 atom stereocenters. The highest BCUT2D eigenvalue weighted by atomic mass is 16.5. The van der Waals surface area contributed by atoms with Crippen molar-refractivity contribution in [3.63, 3.8) is 0 Å². The van der Waals surface area contributed by atoms with E-state index in [0.29, 0.717) is 6.04 Å². The summed E-state index contributed by atoms with van der Waals surface area (Å²) in [6.07, 6.45) is 1.01. The van der Waals surface area contributed by atoms with Gasteiger partial charge in [-0.25, -0.2) is 0 Å². The average molecular weight is 227 g/mol. The molecule has 2 unspecified atom stereocenters. The van der Waals surface area contributed by atoms with Crippen LogP contribution in [0.3, 0.4) is 0 Å². The molecule has 2 saturated heterocycles. The van der Waals surface area contributed by atoms with Gasteiger partial charge in [-0.3, -0.25) is 9.80 Å². The second kappa shape index (κ2) is 5.00. The highest BCUT2D eigenvalue weighted by Crippen LogP contribution is 2.19. The van der Waals surface area contributed by atoms with E-state index in [4.69, 9.17) is 10.5 Å². The molecule has 2 fully saturated rings. The van der Waals surface area contributed by atoms with E-state index in [-0.39, 0.29) is 5.54 Å². The van der Waals surface area contributed by atoms with E-state index in [1.165, 1.54) is 6.54 Å². The normalized spacial score (nSPS) is 38.1. The van der Waals surface area contributed by atoms with Crippen molar-refractivity contribution >= 4 is 0 Å². The van der Waals surface area contributed by atoms with E-state index in [9.17, 15) is 0 Å². The van der Waals surface area contributed by atoms with Crippen molar-refractivity contribution in [3.05, 3.63) is 0 Å². The van der Waals surface area contributed by atoms with Gasteiger partial charge in [-0.2, -0.15) is 0 Å². The van der Waals surface area contributed by atoms with E-state index in [0.717, 1.165) is 45.8 Å². The molecule has 2 aliphatic heterocycles. The maximum absolute atomic E-state index is 6.32. The van der Waals surface area contributed by atoms with Crippen LogP contribution < -0.4 is 5.73 Å². The van der Waals surface area contributed by atoms with Crippen LogP contribution in [0, 0.1) is 0 Å². The number of piperazine rings is 1. The zero-order chi connectivity index (χ0) is 11.6. The van der Waals surface area contributed by atoms with Gasteiger partial charge in [-0.15, -0.1) is 0 Å². The summed E-state index contributed by atoms with van der Waals surface area (Å²) < 4.78 is 5.41. The first kappa shape index (κ1) is 12.3. The fourth-order valence-corrected chi connectivity index (χ4v) is 2.88. The largest absolute Gasteiger partial charge is 0.379 e. The molecule has 0 radical (unpaired) electrons. The van der Waals surface area contributed by atoms with Crippen LogP contribution in [0.25, 0.3) is 0 Å². The highest BCUT2D eigenvalue weighted by molar-refractivity contribution is 4.93. The third kappa shape index (κ3) is 2.74. The molecule has 94 valence electrons. The first-order chi connectivity index (χ1) is 7.63. The minimum atomic E-state index is -0.0892. The number of hydrogen-bond acceptors (Lipinski definition) is 4. The molecule has 2 rings (SSSR count). The molecule has 0 aromatic carbocycles. The number of nitrogens with two attached hydrogens (primary N) is 1. The van der Waals surface area contributed by atoms with Crippen molar-refractivity contribution in [3.8, 4) is 0 Å². The van der Waals surface area contributed by atoms with Crippen LogP contribution in [0.2, 0.25) is 0 Å². The quantitative estimate of drug-likeness (QED) is 0.744. The van der Waals surface area contributed by atoms with Crippen molar-refractivity contribution in [2.24, 2.45) is 5.73 Å². The minimum absolute atomic E-state index is 0.0892. The standard InChI is InChI=1S/C12H25N3O/c1-3-15-6-5-14(8-11(15)2)9-12(13)4-7-16-10-12/h11H,3-10,13H2,1-2H3. The van der Waals surface area contributed by atoms with E-state index >= 15 is 0 Å². The summed E-state index contributed by atoms with van der Waals surface area (Å²) in [7, 11) is 0. The molecule has 4 heteroatoms. The first-order valence-electron chi connectivity index (χ1n) is 6.46. The van der Waals surface area contributed by atoms with Crippen LogP contribution in [-0.4, -0.2) is 67.3 Å². The summed E-state index contributed by atoms with van der Waals surface area (Å²) in [5.74, 6) is 0. The maximum Gasteiger partial charge on any atom is 0.0659 e. The molecule has 2 aliphatic rings. The Kier molecular flexibility index (Phi) is 3.85. The van der Waals surface area contributed by atoms with E-state index in [1.54, 1.807) is 0 Å². The van der Waals surface area contributed by atoms with Crippen LogP contribution in [0.15, 0.2) is 0 Å². The van der Waals surface area contributed by atoms with Gasteiger partial charge in [0.05, 0.1) is 12.1 Å². The summed E-state index contributed by atoms with van der Waals surface area (Å²) in [5.41, 5.74) is 6.23. The third-order valence-electron chi connectivity index (χ3n) is 3.93. The zero-order valence-corrected chi connectivity index (χ0v) is 10.6. The van der Waals surface area contributed by atoms with Gasteiger partial charge >= 0.3 is 0 Å². The Morgan fingerprint density at radius 3 is 2.81 bits per heavy atom. The molecular weight excluding hydrogens is 202 g/mol. The Labute approximate surface area is 98.7 Å². The Hall–Kier alpha value is -0.160. The fourth-order valence-electron chi connectivity index (χ4n) is 2.88. The van der Waals surface area contributed by atoms with Gasteiger partial charge in [0.2, 0.25) is 0 Å². The minimum Gasteiger partial charge on any atom is -0.379 e. The number of likely N-dealkylation sites (N-methyl/N-ethyl adjacent to an activating group) is 1. The van der Waals surface area contributed by atoms with Crippen LogP contribution in [0.1, 0.15) is 20.3 Å². The van der Waals surface area contributed by atoms with Crippen LogP contribution >= 0.6 is 0 Å². The SMILES string of the molecule is CCN1CCN(CC2(N)CCOC2)CC1C. The number of ether oxygens (including phenoxy) is 1. The Bertz CT molecular complexity index is 228. The van der Waals surface area contributed by atoms with Crippen LogP contribution in [0.5, 0.6) is 0 Å². The number of nitrogens with zero attached hydrogens (tertiary/aromatic N) is 2. The lowest BCUT2D eigenvalue weighted by molar-refractivity contribution is 0.0681. The lowest BCUT2D eigenvalue weighted by atomic mass is 9.98. The van der Waals surface area contributed by atoms with Crippen molar-refractivity contribution < 1.29 is 4.74 Å². The number of hydrogen-bond donors (Lipinski definition) is 1. The molecule has 16 heavy (non-hydrogen) atoms. The second-order valence-electron chi connectivity index (χ2n) is 5.38. The third-order valence-corrected chi connectivity index (χ3v) is 3.93. The topological polar surface area (TPSA) is 41.7 Å². The predicted octanol–water partition coefficient (Wildman–Crippen LogP) is 0.130. The molecule has 0 saturated carbocycles. The lowest BCUT2D eigenvalue weighted by Gasteiger charge is -2.41. The molecule has 0 spiro atoms. The smallest absolute Gasteiger partial charge is 0.0659 e. The predicted molar refractivity (Wildman–Crippen MR) is 65.5 cm³/mol. The Morgan fingerprint density at radius 2 is 2.25 bits per heavy atom. The summed E-state index contributed by atoms with van der Waals surface area (Å²) in [5, 5.41) is 0. The molecule has 2 N–H and O–H groups in total. The first-order valence-corrected chi connectivity index (χ1v) is 6.46. The molecule has 0 amide bonds. The van der Waals surface area contributed by atoms with Gasteiger partial charge in [0.25, 0.3) is 0 Å². The van der Waals surface area contributed by atoms with Crippen LogP contribution in [-0.2, 0) is 4.74 Å². The van der Waals surface area contributed by atoms with E-state index in [2.05, 4.69) is 23.6 Å². The van der Waals surface area contributed by atoms with Gasteiger partial charge in [0.15, 0.2) is 0 Å². The van der Waals surface area contributed by atoms with Crippen molar-refractivity contribution in [1.29, 1.82) is 0 Å². The zero-order valence-electron chi connectivity index (χ0n) is 10.6. The average Bonchev–Trinajstić information content (AvgIpc) is 2.65. The van der Waals surface area contributed by atoms with Crippen LogP contribution in [0.4, 0.5) is 0 Å².